The predicted molar refractivity (Wildman–Crippen MR) is 126 cm³/mol. The molecule has 0 spiro atoms. The fourth-order valence-corrected chi connectivity index (χ4v) is 4.19. The van der Waals surface area contributed by atoms with E-state index in [1.54, 1.807) is 0 Å². The van der Waals surface area contributed by atoms with Crippen LogP contribution in [-0.4, -0.2) is 138 Å². The van der Waals surface area contributed by atoms with Gasteiger partial charge in [-0.3, -0.25) is 4.79 Å². The Kier molecular flexibility index (Phi) is 10.5. The van der Waals surface area contributed by atoms with Gasteiger partial charge in [0.25, 0.3) is 0 Å². The number of aromatic nitrogens is 1. The average molecular weight is 547 g/mol. The minimum absolute atomic E-state index is 0.347. The van der Waals surface area contributed by atoms with Crippen LogP contribution < -0.4 is 5.73 Å². The van der Waals surface area contributed by atoms with Crippen molar-refractivity contribution >= 4 is 16.9 Å². The lowest BCUT2D eigenvalue weighted by atomic mass is 9.97. The number of nitrogens with one attached hydrogen (secondary N) is 1. The van der Waals surface area contributed by atoms with Crippen LogP contribution in [0.5, 0.6) is 0 Å². The van der Waals surface area contributed by atoms with Crippen molar-refractivity contribution in [3.05, 3.63) is 36.0 Å². The Morgan fingerprint density at radius 3 is 2.21 bits per heavy atom. The van der Waals surface area contributed by atoms with Crippen LogP contribution in [0.1, 0.15) is 5.56 Å². The van der Waals surface area contributed by atoms with Crippen LogP contribution >= 0.6 is 0 Å². The number of para-hydroxylation sites is 1. The first-order valence-corrected chi connectivity index (χ1v) is 11.8. The van der Waals surface area contributed by atoms with Gasteiger partial charge in [-0.25, -0.2) is 0 Å². The summed E-state index contributed by atoms with van der Waals surface area (Å²) in [6.07, 6.45) is -13.4. The maximum atomic E-state index is 10.6. The van der Waals surface area contributed by atoms with Crippen LogP contribution in [0.2, 0.25) is 0 Å². The molecule has 0 radical (unpaired) electrons. The first-order valence-electron chi connectivity index (χ1n) is 11.8. The van der Waals surface area contributed by atoms with Crippen LogP contribution in [0.4, 0.5) is 0 Å². The number of ether oxygens (including phenoxy) is 3. The predicted octanol–water partition coefficient (Wildman–Crippen LogP) is -4.27. The Morgan fingerprint density at radius 1 is 0.921 bits per heavy atom. The molecule has 0 bridgehead atoms. The van der Waals surface area contributed by atoms with Gasteiger partial charge in [0.15, 0.2) is 12.6 Å². The van der Waals surface area contributed by atoms with Crippen molar-refractivity contribution in [3.63, 3.8) is 0 Å². The zero-order chi connectivity index (χ0) is 28.1. The highest BCUT2D eigenvalue weighted by Crippen LogP contribution is 2.28. The summed E-state index contributed by atoms with van der Waals surface area (Å²) in [7, 11) is 0. The number of nitrogens with two attached hydrogens (primary N) is 1. The first kappa shape index (κ1) is 30.3. The molecule has 0 saturated carbocycles. The van der Waals surface area contributed by atoms with E-state index in [0.29, 0.717) is 6.42 Å². The quantitative estimate of drug-likeness (QED) is 0.157. The second-order valence-electron chi connectivity index (χ2n) is 9.04. The third-order valence-electron chi connectivity index (χ3n) is 6.41. The zero-order valence-electron chi connectivity index (χ0n) is 20.1. The number of aliphatic hydroxyl groups excluding tert-OH is 8. The molecule has 12 N–H and O–H groups in total. The van der Waals surface area contributed by atoms with E-state index < -0.39 is 86.6 Å². The van der Waals surface area contributed by atoms with E-state index in [9.17, 15) is 40.5 Å². The van der Waals surface area contributed by atoms with Crippen LogP contribution in [0, 0.1) is 0 Å². The van der Waals surface area contributed by atoms with E-state index in [1.165, 1.54) is 0 Å². The smallest absolute Gasteiger partial charge is 0.320 e. The van der Waals surface area contributed by atoms with E-state index in [0.717, 1.165) is 16.5 Å². The van der Waals surface area contributed by atoms with Gasteiger partial charge in [0.2, 0.25) is 0 Å². The van der Waals surface area contributed by atoms with Crippen molar-refractivity contribution in [1.82, 2.24) is 4.98 Å². The van der Waals surface area contributed by atoms with E-state index in [1.807, 2.05) is 30.5 Å². The number of carboxylic acids is 1. The SMILES string of the molecule is N[C@@H](Cc1c[nH]c2ccccc12)C(=O)O.OC[C@H]1O[C@@H](O[C@H]2[C@H](O)[C@@H](O)C(O)O[C@@H]2CO)[C@H](O)[C@@H](O)[C@H]1O. The molecule has 2 saturated heterocycles. The van der Waals surface area contributed by atoms with Crippen molar-refractivity contribution in [3.8, 4) is 0 Å². The highest BCUT2D eigenvalue weighted by atomic mass is 16.7. The van der Waals surface area contributed by atoms with Crippen molar-refractivity contribution in [2.45, 2.75) is 73.9 Å². The third-order valence-corrected chi connectivity index (χ3v) is 6.41. The van der Waals surface area contributed by atoms with Gasteiger partial charge in [0.1, 0.15) is 54.9 Å². The van der Waals surface area contributed by atoms with Crippen LogP contribution in [-0.2, 0) is 25.4 Å². The lowest BCUT2D eigenvalue weighted by molar-refractivity contribution is -0.355. The summed E-state index contributed by atoms with van der Waals surface area (Å²) in [6, 6.07) is 6.91. The van der Waals surface area contributed by atoms with Crippen molar-refractivity contribution in [2.24, 2.45) is 5.73 Å². The standard InChI is InChI=1S/C12H22O11.C11H12N2O2/c13-1-3-5(15)6(16)9(19)12(22-3)23-10-4(2-14)21-11(20)8(18)7(10)17;12-9(11(14)15)5-7-6-13-10-4-2-1-3-8(7)10/h3-20H,1-2H2;1-4,6,9,13H,5,12H2,(H,14,15)/t3-,4-,5+,6+,7-,8-,9-,10-,11?,12+;9-/m10/s1. The fourth-order valence-electron chi connectivity index (χ4n) is 4.19. The fraction of sp³-hybridized carbons (Fsp3) is 0.609. The molecule has 2 fully saturated rings. The molecule has 0 amide bonds. The van der Waals surface area contributed by atoms with Gasteiger partial charge in [0, 0.05) is 23.5 Å². The molecule has 0 aliphatic carbocycles. The van der Waals surface area contributed by atoms with E-state index in [2.05, 4.69) is 4.98 Å². The molecule has 1 unspecified atom stereocenters. The Bertz CT molecular complexity index is 1030. The molecule has 2 aliphatic rings. The van der Waals surface area contributed by atoms with Crippen molar-refractivity contribution < 1.29 is 65.0 Å². The largest absolute Gasteiger partial charge is 0.480 e. The minimum atomic E-state index is -1.74. The average Bonchev–Trinajstić information content (AvgIpc) is 3.31. The van der Waals surface area contributed by atoms with Crippen LogP contribution in [0.3, 0.4) is 0 Å². The Morgan fingerprint density at radius 2 is 1.58 bits per heavy atom. The second-order valence-corrected chi connectivity index (χ2v) is 9.04. The molecule has 2 aliphatic heterocycles. The van der Waals surface area contributed by atoms with Gasteiger partial charge < -0.3 is 70.9 Å². The number of aliphatic hydroxyl groups is 8. The normalized spacial score (nSPS) is 36.3. The van der Waals surface area contributed by atoms with Gasteiger partial charge in [0.05, 0.1) is 13.2 Å². The Hall–Kier alpha value is -2.25. The van der Waals surface area contributed by atoms with Crippen molar-refractivity contribution in [2.75, 3.05) is 13.2 Å². The number of fused-ring (bicyclic) bond motifs is 1. The van der Waals surface area contributed by atoms with E-state index in [-0.39, 0.29) is 0 Å². The number of carboxylic acid groups (broad SMARTS) is 1. The number of hydrogen-bond donors (Lipinski definition) is 11. The second kappa shape index (κ2) is 13.2. The van der Waals surface area contributed by atoms with Crippen molar-refractivity contribution in [1.29, 1.82) is 0 Å². The van der Waals surface area contributed by atoms with Gasteiger partial charge in [-0.05, 0) is 11.6 Å². The van der Waals surface area contributed by atoms with Crippen LogP contribution in [0.25, 0.3) is 10.9 Å². The molecular weight excluding hydrogens is 512 g/mol. The minimum Gasteiger partial charge on any atom is -0.480 e. The third kappa shape index (κ3) is 6.66. The molecule has 15 heteroatoms. The number of aromatic amines is 1. The monoisotopic (exact) mass is 546 g/mol. The molecule has 11 atom stereocenters. The number of carbonyl (C=O) groups is 1. The molecule has 1 aromatic heterocycles. The summed E-state index contributed by atoms with van der Waals surface area (Å²) in [4.78, 5) is 13.7. The highest BCUT2D eigenvalue weighted by molar-refractivity contribution is 5.84. The Labute approximate surface area is 216 Å². The summed E-state index contributed by atoms with van der Waals surface area (Å²) in [5.41, 5.74) is 7.43. The van der Waals surface area contributed by atoms with Gasteiger partial charge in [-0.15, -0.1) is 0 Å². The number of H-pyrrole nitrogens is 1. The number of rotatable bonds is 7. The summed E-state index contributed by atoms with van der Waals surface area (Å²) in [5.74, 6) is -0.972. The summed E-state index contributed by atoms with van der Waals surface area (Å²) >= 11 is 0. The van der Waals surface area contributed by atoms with E-state index >= 15 is 0 Å². The van der Waals surface area contributed by atoms with Gasteiger partial charge >= 0.3 is 5.97 Å². The molecule has 2 aromatic rings. The lowest BCUT2D eigenvalue weighted by Crippen LogP contribution is -2.64. The van der Waals surface area contributed by atoms with Gasteiger partial charge in [-0.1, -0.05) is 18.2 Å². The Balaban J connectivity index is 0.000000230. The zero-order valence-corrected chi connectivity index (χ0v) is 20.1. The number of benzene rings is 1. The molecule has 1 aromatic carbocycles. The highest BCUT2D eigenvalue weighted by Gasteiger charge is 2.50. The van der Waals surface area contributed by atoms with Gasteiger partial charge in [-0.2, -0.15) is 0 Å². The molecular formula is C23H34N2O13. The first-order chi connectivity index (χ1) is 18.0. The molecule has 4 rings (SSSR count). The van der Waals surface area contributed by atoms with E-state index in [4.69, 9.17) is 30.2 Å². The number of aliphatic carboxylic acids is 1. The topological polar surface area (TPSA) is 269 Å². The molecule has 3 heterocycles. The number of hydrogen-bond acceptors (Lipinski definition) is 13. The maximum absolute atomic E-state index is 10.6. The summed E-state index contributed by atoms with van der Waals surface area (Å²) in [5, 5.41) is 86.2. The summed E-state index contributed by atoms with van der Waals surface area (Å²) < 4.78 is 15.3. The maximum Gasteiger partial charge on any atom is 0.320 e. The molecule has 38 heavy (non-hydrogen) atoms. The molecule has 214 valence electrons. The van der Waals surface area contributed by atoms with Crippen LogP contribution in [0.15, 0.2) is 30.5 Å². The lowest BCUT2D eigenvalue weighted by Gasteiger charge is -2.45. The summed E-state index contributed by atoms with van der Waals surface area (Å²) in [6.45, 7) is -1.35. The molecule has 15 nitrogen and oxygen atoms in total.